The number of hydrogen-bond donors (Lipinski definition) is 1. The molecular weight excluding hydrogens is 484 g/mol. The first-order valence-electron chi connectivity index (χ1n) is 13.6. The van der Waals surface area contributed by atoms with Gasteiger partial charge in [0.25, 0.3) is 0 Å². The van der Waals surface area contributed by atoms with Crippen molar-refractivity contribution in [3.05, 3.63) is 82.7 Å². The highest BCUT2D eigenvalue weighted by Gasteiger charge is 2.38. The third-order valence-electron chi connectivity index (χ3n) is 8.31. The standard InChI is InChI=1S/C29H35ClN6O/c30-23-8-9-25-22(18-23)7-6-21-4-3-11-33-27(21)28(25)35-17-13-32-26(19-35)29(37)36-14-2-1-5-24(36)10-15-34-16-12-31-20-34/h3-4,8-9,11-12,16,18,20,24,26,28,32H,1-2,5-7,10,13-15,17,19H2. The number of piperidine rings is 1. The van der Waals surface area contributed by atoms with E-state index in [-0.39, 0.29) is 24.0 Å². The topological polar surface area (TPSA) is 66.3 Å². The molecule has 2 aromatic heterocycles. The van der Waals surface area contributed by atoms with Gasteiger partial charge in [-0.15, -0.1) is 0 Å². The summed E-state index contributed by atoms with van der Waals surface area (Å²) in [4.78, 5) is 27.6. The van der Waals surface area contributed by atoms with E-state index in [0.717, 1.165) is 69.0 Å². The Bertz CT molecular complexity index is 1230. The van der Waals surface area contributed by atoms with E-state index in [9.17, 15) is 4.79 Å². The Kier molecular flexibility index (Phi) is 7.27. The number of pyridine rings is 1. The van der Waals surface area contributed by atoms with Crippen LogP contribution >= 0.6 is 11.6 Å². The number of aryl methyl sites for hydroxylation is 3. The lowest BCUT2D eigenvalue weighted by Gasteiger charge is -2.43. The Balaban J connectivity index is 1.24. The van der Waals surface area contributed by atoms with Crippen LogP contribution in [0.1, 0.15) is 54.1 Å². The first kappa shape index (κ1) is 24.6. The van der Waals surface area contributed by atoms with Gasteiger partial charge in [0.2, 0.25) is 5.91 Å². The lowest BCUT2D eigenvalue weighted by molar-refractivity contribution is -0.138. The first-order valence-corrected chi connectivity index (χ1v) is 14.0. The van der Waals surface area contributed by atoms with Crippen LogP contribution in [0.5, 0.6) is 0 Å². The van der Waals surface area contributed by atoms with Crippen molar-refractivity contribution >= 4 is 17.5 Å². The van der Waals surface area contributed by atoms with Gasteiger partial charge >= 0.3 is 0 Å². The molecular formula is C29H35ClN6O. The van der Waals surface area contributed by atoms with Crippen molar-refractivity contribution in [1.29, 1.82) is 0 Å². The number of hydrogen-bond acceptors (Lipinski definition) is 5. The van der Waals surface area contributed by atoms with Crippen LogP contribution in [0.25, 0.3) is 0 Å². The third kappa shape index (κ3) is 5.17. The van der Waals surface area contributed by atoms with Crippen molar-refractivity contribution in [1.82, 2.24) is 29.7 Å². The quantitative estimate of drug-likeness (QED) is 0.555. The maximum Gasteiger partial charge on any atom is 0.241 e. The fourth-order valence-corrected chi connectivity index (χ4v) is 6.63. The summed E-state index contributed by atoms with van der Waals surface area (Å²) in [6.07, 6.45) is 13.8. The van der Waals surface area contributed by atoms with E-state index in [4.69, 9.17) is 16.6 Å². The second-order valence-corrected chi connectivity index (χ2v) is 11.0. The fraction of sp³-hybridized carbons (Fsp3) is 0.483. The summed E-state index contributed by atoms with van der Waals surface area (Å²) in [5, 5.41) is 4.33. The summed E-state index contributed by atoms with van der Waals surface area (Å²) in [6.45, 7) is 4.07. The van der Waals surface area contributed by atoms with Crippen LogP contribution in [0, 0.1) is 0 Å². The highest BCUT2D eigenvalue weighted by molar-refractivity contribution is 6.30. The molecule has 1 aromatic carbocycles. The third-order valence-corrected chi connectivity index (χ3v) is 8.54. The summed E-state index contributed by atoms with van der Waals surface area (Å²) >= 11 is 6.40. The predicted octanol–water partition coefficient (Wildman–Crippen LogP) is 3.86. The zero-order chi connectivity index (χ0) is 25.2. The average molecular weight is 519 g/mol. The second kappa shape index (κ2) is 10.9. The SMILES string of the molecule is O=C(C1CN(C2c3ccc(Cl)cc3CCc3cccnc32)CCN1)N1CCCCC1CCn1ccnc1. The molecule has 194 valence electrons. The summed E-state index contributed by atoms with van der Waals surface area (Å²) < 4.78 is 2.11. The Labute approximate surface area is 223 Å². The predicted molar refractivity (Wildman–Crippen MR) is 144 cm³/mol. The molecule has 0 radical (unpaired) electrons. The lowest BCUT2D eigenvalue weighted by Crippen LogP contribution is -2.60. The van der Waals surface area contributed by atoms with E-state index < -0.39 is 0 Å². The van der Waals surface area contributed by atoms with Gasteiger partial charge in [-0.2, -0.15) is 0 Å². The number of fused-ring (bicyclic) bond motifs is 2. The number of piperazine rings is 1. The van der Waals surface area contributed by atoms with Crippen LogP contribution in [0.4, 0.5) is 0 Å². The minimum atomic E-state index is -0.214. The van der Waals surface area contributed by atoms with Gasteiger partial charge in [-0.1, -0.05) is 23.7 Å². The van der Waals surface area contributed by atoms with E-state index in [1.54, 1.807) is 0 Å². The van der Waals surface area contributed by atoms with Gasteiger partial charge in [-0.25, -0.2) is 4.98 Å². The molecule has 1 amide bonds. The number of amides is 1. The number of imidazole rings is 1. The molecule has 1 aliphatic carbocycles. The van der Waals surface area contributed by atoms with Gasteiger partial charge in [-0.3, -0.25) is 14.7 Å². The molecule has 37 heavy (non-hydrogen) atoms. The number of nitrogens with one attached hydrogen (secondary N) is 1. The summed E-state index contributed by atoms with van der Waals surface area (Å²) in [5.74, 6) is 0.242. The van der Waals surface area contributed by atoms with Crippen molar-refractivity contribution in [2.24, 2.45) is 0 Å². The minimum Gasteiger partial charge on any atom is -0.338 e. The maximum absolute atomic E-state index is 13.9. The minimum absolute atomic E-state index is 0.0294. The molecule has 0 saturated carbocycles. The highest BCUT2D eigenvalue weighted by atomic mass is 35.5. The lowest BCUT2D eigenvalue weighted by atomic mass is 9.94. The van der Waals surface area contributed by atoms with Crippen molar-refractivity contribution < 1.29 is 4.79 Å². The molecule has 0 spiro atoms. The Hall–Kier alpha value is -2.74. The van der Waals surface area contributed by atoms with Crippen molar-refractivity contribution in [3.8, 4) is 0 Å². The number of aromatic nitrogens is 3. The fourth-order valence-electron chi connectivity index (χ4n) is 6.43. The molecule has 4 heterocycles. The average Bonchev–Trinajstić information content (AvgIpc) is 3.40. The molecule has 2 fully saturated rings. The van der Waals surface area contributed by atoms with Crippen molar-refractivity contribution in [3.63, 3.8) is 0 Å². The van der Waals surface area contributed by atoms with Crippen LogP contribution in [0.2, 0.25) is 5.02 Å². The van der Waals surface area contributed by atoms with Crippen LogP contribution < -0.4 is 5.32 Å². The monoisotopic (exact) mass is 518 g/mol. The number of nitrogens with zero attached hydrogens (tertiary/aromatic N) is 5. The summed E-state index contributed by atoms with van der Waals surface area (Å²) in [6, 6.07) is 10.6. The van der Waals surface area contributed by atoms with E-state index in [2.05, 4.69) is 42.9 Å². The second-order valence-electron chi connectivity index (χ2n) is 10.6. The zero-order valence-electron chi connectivity index (χ0n) is 21.2. The molecule has 2 saturated heterocycles. The Morgan fingerprint density at radius 3 is 2.92 bits per heavy atom. The van der Waals surface area contributed by atoms with E-state index in [1.165, 1.54) is 23.1 Å². The molecule has 3 unspecified atom stereocenters. The van der Waals surface area contributed by atoms with Gasteiger partial charge in [0, 0.05) is 62.4 Å². The van der Waals surface area contributed by atoms with E-state index in [1.807, 2.05) is 37.1 Å². The number of likely N-dealkylation sites (tertiary alicyclic amines) is 1. The number of benzene rings is 1. The molecule has 1 N–H and O–H groups in total. The largest absolute Gasteiger partial charge is 0.338 e. The molecule has 6 rings (SSSR count). The Morgan fingerprint density at radius 1 is 1.11 bits per heavy atom. The smallest absolute Gasteiger partial charge is 0.241 e. The van der Waals surface area contributed by atoms with E-state index >= 15 is 0 Å². The molecule has 3 aliphatic rings. The maximum atomic E-state index is 13.9. The molecule has 0 bridgehead atoms. The van der Waals surface area contributed by atoms with Crippen molar-refractivity contribution in [2.75, 3.05) is 26.2 Å². The highest BCUT2D eigenvalue weighted by Crippen LogP contribution is 2.37. The summed E-state index contributed by atoms with van der Waals surface area (Å²) in [7, 11) is 0. The Morgan fingerprint density at radius 2 is 2.03 bits per heavy atom. The van der Waals surface area contributed by atoms with Gasteiger partial charge in [-0.05, 0) is 73.4 Å². The first-order chi connectivity index (χ1) is 18.2. The van der Waals surface area contributed by atoms with Crippen LogP contribution in [0.3, 0.4) is 0 Å². The molecule has 3 atom stereocenters. The van der Waals surface area contributed by atoms with Crippen LogP contribution in [-0.4, -0.2) is 68.5 Å². The van der Waals surface area contributed by atoms with Gasteiger partial charge in [0.05, 0.1) is 24.1 Å². The number of halogens is 1. The van der Waals surface area contributed by atoms with Crippen LogP contribution in [-0.2, 0) is 24.2 Å². The molecule has 3 aromatic rings. The number of rotatable bonds is 5. The zero-order valence-corrected chi connectivity index (χ0v) is 22.0. The normalized spacial score (nSPS) is 24.2. The van der Waals surface area contributed by atoms with Gasteiger partial charge in [0.1, 0.15) is 0 Å². The number of carbonyl (C=O) groups is 1. The van der Waals surface area contributed by atoms with E-state index in [0.29, 0.717) is 6.54 Å². The van der Waals surface area contributed by atoms with Crippen molar-refractivity contribution in [2.45, 2.75) is 63.2 Å². The molecule has 7 nitrogen and oxygen atoms in total. The van der Waals surface area contributed by atoms with Crippen LogP contribution in [0.15, 0.2) is 55.2 Å². The molecule has 2 aliphatic heterocycles. The summed E-state index contributed by atoms with van der Waals surface area (Å²) in [5.41, 5.74) is 4.96. The number of carbonyl (C=O) groups excluding carboxylic acids is 1. The van der Waals surface area contributed by atoms with Gasteiger partial charge in [0.15, 0.2) is 0 Å². The molecule has 8 heteroatoms. The van der Waals surface area contributed by atoms with Gasteiger partial charge < -0.3 is 14.8 Å².